The maximum Gasteiger partial charge on any atom is 0.129 e. The van der Waals surface area contributed by atoms with Gasteiger partial charge < -0.3 is 10.2 Å². The van der Waals surface area contributed by atoms with Gasteiger partial charge in [0, 0.05) is 24.8 Å². The number of hydrogen-bond donors (Lipinski definition) is 1. The summed E-state index contributed by atoms with van der Waals surface area (Å²) in [6.07, 6.45) is 0. The molecule has 0 saturated carbocycles. The molecule has 2 rings (SSSR count). The van der Waals surface area contributed by atoms with Gasteiger partial charge in [-0.15, -0.1) is 0 Å². The van der Waals surface area contributed by atoms with E-state index in [4.69, 9.17) is 4.98 Å². The highest BCUT2D eigenvalue weighted by Gasteiger charge is 2.14. The van der Waals surface area contributed by atoms with Crippen LogP contribution in [-0.4, -0.2) is 17.6 Å². The first-order chi connectivity index (χ1) is 11.5. The second-order valence-corrected chi connectivity index (χ2v) is 7.21. The third-order valence-corrected chi connectivity index (χ3v) is 3.99. The average molecular weight is 326 g/mol. The maximum atomic E-state index is 4.79. The van der Waals surface area contributed by atoms with Gasteiger partial charge in [-0.05, 0) is 56.5 Å². The largest absolute Gasteiger partial charge is 0.350 e. The van der Waals surface area contributed by atoms with E-state index < -0.39 is 0 Å². The monoisotopic (exact) mass is 325 g/mol. The molecule has 0 bridgehead atoms. The zero-order valence-corrected chi connectivity index (χ0v) is 15.7. The lowest BCUT2D eigenvalue weighted by atomic mass is 10.1. The summed E-state index contributed by atoms with van der Waals surface area (Å²) in [5.74, 6) is 1.73. The SMILES string of the molecule is Cc1cc(CNCC(C)C)cc(N(Cc2ccccc2)C(C)C)n1. The average Bonchev–Trinajstić information content (AvgIpc) is 2.52. The summed E-state index contributed by atoms with van der Waals surface area (Å²) in [6, 6.07) is 15.4. The Morgan fingerprint density at radius 2 is 1.71 bits per heavy atom. The Bertz CT molecular complexity index is 620. The smallest absolute Gasteiger partial charge is 0.129 e. The second-order valence-electron chi connectivity index (χ2n) is 7.21. The molecule has 0 amide bonds. The lowest BCUT2D eigenvalue weighted by molar-refractivity contribution is 0.552. The molecule has 3 nitrogen and oxygen atoms in total. The van der Waals surface area contributed by atoms with Crippen molar-refractivity contribution in [3.05, 3.63) is 59.3 Å². The normalized spacial score (nSPS) is 11.3. The second kappa shape index (κ2) is 8.84. The summed E-state index contributed by atoms with van der Waals surface area (Å²) in [5, 5.41) is 3.53. The number of aryl methyl sites for hydroxylation is 1. The third kappa shape index (κ3) is 5.64. The van der Waals surface area contributed by atoms with Gasteiger partial charge in [-0.1, -0.05) is 44.2 Å². The Morgan fingerprint density at radius 3 is 2.33 bits per heavy atom. The molecule has 0 aliphatic heterocycles. The van der Waals surface area contributed by atoms with Crippen molar-refractivity contribution in [1.29, 1.82) is 0 Å². The van der Waals surface area contributed by atoms with Gasteiger partial charge in [-0.2, -0.15) is 0 Å². The molecule has 0 aliphatic rings. The van der Waals surface area contributed by atoms with Crippen LogP contribution in [0.3, 0.4) is 0 Å². The molecule has 130 valence electrons. The van der Waals surface area contributed by atoms with Crippen LogP contribution in [0, 0.1) is 12.8 Å². The summed E-state index contributed by atoms with van der Waals surface area (Å²) in [5.41, 5.74) is 3.69. The van der Waals surface area contributed by atoms with Crippen LogP contribution in [0.15, 0.2) is 42.5 Å². The minimum Gasteiger partial charge on any atom is -0.350 e. The van der Waals surface area contributed by atoms with Crippen LogP contribution in [0.5, 0.6) is 0 Å². The van der Waals surface area contributed by atoms with Gasteiger partial charge in [0.2, 0.25) is 0 Å². The van der Waals surface area contributed by atoms with Crippen LogP contribution in [-0.2, 0) is 13.1 Å². The summed E-state index contributed by atoms with van der Waals surface area (Å²) >= 11 is 0. The standard InChI is InChI=1S/C21H31N3/c1-16(2)13-22-14-20-11-18(5)23-21(12-20)24(17(3)4)15-19-9-7-6-8-10-19/h6-12,16-17,22H,13-15H2,1-5H3. The van der Waals surface area contributed by atoms with Gasteiger partial charge in [-0.3, -0.25) is 0 Å². The van der Waals surface area contributed by atoms with Gasteiger partial charge in [0.15, 0.2) is 0 Å². The van der Waals surface area contributed by atoms with Gasteiger partial charge in [0.05, 0.1) is 0 Å². The Morgan fingerprint density at radius 1 is 1.00 bits per heavy atom. The molecule has 0 spiro atoms. The number of nitrogens with one attached hydrogen (secondary N) is 1. The molecule has 1 aromatic heterocycles. The minimum absolute atomic E-state index is 0.399. The highest BCUT2D eigenvalue weighted by Crippen LogP contribution is 2.20. The lowest BCUT2D eigenvalue weighted by Crippen LogP contribution is -2.31. The highest BCUT2D eigenvalue weighted by atomic mass is 15.2. The van der Waals surface area contributed by atoms with Crippen LogP contribution in [0.4, 0.5) is 5.82 Å². The number of nitrogens with zero attached hydrogens (tertiary/aromatic N) is 2. The van der Waals surface area contributed by atoms with Gasteiger partial charge in [-0.25, -0.2) is 4.98 Å². The fourth-order valence-corrected chi connectivity index (χ4v) is 2.78. The molecule has 0 radical (unpaired) electrons. The van der Waals surface area contributed by atoms with E-state index in [0.717, 1.165) is 31.1 Å². The van der Waals surface area contributed by atoms with E-state index in [-0.39, 0.29) is 0 Å². The fourth-order valence-electron chi connectivity index (χ4n) is 2.78. The van der Waals surface area contributed by atoms with Crippen molar-refractivity contribution < 1.29 is 0 Å². The van der Waals surface area contributed by atoms with Crippen molar-refractivity contribution in [3.8, 4) is 0 Å². The third-order valence-electron chi connectivity index (χ3n) is 3.99. The van der Waals surface area contributed by atoms with Gasteiger partial charge in [0.25, 0.3) is 0 Å². The van der Waals surface area contributed by atoms with E-state index in [1.165, 1.54) is 11.1 Å². The number of anilines is 1. The molecule has 0 unspecified atom stereocenters. The zero-order chi connectivity index (χ0) is 17.5. The lowest BCUT2D eigenvalue weighted by Gasteiger charge is -2.29. The minimum atomic E-state index is 0.399. The number of pyridine rings is 1. The van der Waals surface area contributed by atoms with Gasteiger partial charge >= 0.3 is 0 Å². The molecule has 24 heavy (non-hydrogen) atoms. The van der Waals surface area contributed by atoms with E-state index in [2.05, 4.69) is 87.3 Å². The molecule has 0 atom stereocenters. The molecule has 0 aliphatic carbocycles. The number of benzene rings is 1. The molecule has 2 aromatic rings. The van der Waals surface area contributed by atoms with E-state index in [0.29, 0.717) is 12.0 Å². The van der Waals surface area contributed by atoms with Crippen LogP contribution >= 0.6 is 0 Å². The summed E-state index contributed by atoms with van der Waals surface area (Å²) in [7, 11) is 0. The van der Waals surface area contributed by atoms with Crippen molar-refractivity contribution >= 4 is 5.82 Å². The number of aromatic nitrogens is 1. The van der Waals surface area contributed by atoms with E-state index in [1.54, 1.807) is 0 Å². The molecule has 1 aromatic carbocycles. The molecule has 1 N–H and O–H groups in total. The summed E-state index contributed by atoms with van der Waals surface area (Å²) in [4.78, 5) is 7.16. The van der Waals surface area contributed by atoms with E-state index in [1.807, 2.05) is 0 Å². The Kier molecular flexibility index (Phi) is 6.80. The van der Waals surface area contributed by atoms with Crippen LogP contribution in [0.2, 0.25) is 0 Å². The maximum absolute atomic E-state index is 4.79. The highest BCUT2D eigenvalue weighted by molar-refractivity contribution is 5.44. The van der Waals surface area contributed by atoms with Crippen LogP contribution in [0.25, 0.3) is 0 Å². The van der Waals surface area contributed by atoms with Crippen LogP contribution in [0.1, 0.15) is 44.5 Å². The first-order valence-electron chi connectivity index (χ1n) is 8.94. The first-order valence-corrected chi connectivity index (χ1v) is 8.94. The Labute approximate surface area is 147 Å². The Hall–Kier alpha value is -1.87. The number of rotatable bonds is 8. The fraction of sp³-hybridized carbons (Fsp3) is 0.476. The van der Waals surface area contributed by atoms with E-state index >= 15 is 0 Å². The Balaban J connectivity index is 2.18. The molecular formula is C21H31N3. The zero-order valence-electron chi connectivity index (χ0n) is 15.7. The molecule has 1 heterocycles. The van der Waals surface area contributed by atoms with Crippen molar-refractivity contribution in [2.24, 2.45) is 5.92 Å². The molecule has 3 heteroatoms. The van der Waals surface area contributed by atoms with Crippen molar-refractivity contribution in [3.63, 3.8) is 0 Å². The van der Waals surface area contributed by atoms with Crippen molar-refractivity contribution in [2.75, 3.05) is 11.4 Å². The predicted molar refractivity (Wildman–Crippen MR) is 103 cm³/mol. The molecular weight excluding hydrogens is 294 g/mol. The number of hydrogen-bond acceptors (Lipinski definition) is 3. The van der Waals surface area contributed by atoms with Crippen LogP contribution < -0.4 is 10.2 Å². The first kappa shape index (κ1) is 18.5. The van der Waals surface area contributed by atoms with Crippen molar-refractivity contribution in [2.45, 2.75) is 53.8 Å². The van der Waals surface area contributed by atoms with Crippen molar-refractivity contribution in [1.82, 2.24) is 10.3 Å². The van der Waals surface area contributed by atoms with E-state index in [9.17, 15) is 0 Å². The quantitative estimate of drug-likeness (QED) is 0.771. The molecule has 0 fully saturated rings. The van der Waals surface area contributed by atoms with Gasteiger partial charge in [0.1, 0.15) is 5.82 Å². The predicted octanol–water partition coefficient (Wildman–Crippen LogP) is 4.55. The summed E-state index contributed by atoms with van der Waals surface area (Å²) in [6.45, 7) is 13.8. The topological polar surface area (TPSA) is 28.2 Å². The molecule has 0 saturated heterocycles. The summed E-state index contributed by atoms with van der Waals surface area (Å²) < 4.78 is 0.